The molecule has 0 fully saturated rings. The summed E-state index contributed by atoms with van der Waals surface area (Å²) in [6.45, 7) is 6.09. The van der Waals surface area contributed by atoms with Gasteiger partial charge in [0.1, 0.15) is 11.8 Å². The van der Waals surface area contributed by atoms with E-state index in [0.717, 1.165) is 11.3 Å². The van der Waals surface area contributed by atoms with E-state index in [1.165, 1.54) is 0 Å². The van der Waals surface area contributed by atoms with Gasteiger partial charge in [-0.2, -0.15) is 0 Å². The Morgan fingerprint density at radius 3 is 2.80 bits per heavy atom. The summed E-state index contributed by atoms with van der Waals surface area (Å²) in [7, 11) is 0. The summed E-state index contributed by atoms with van der Waals surface area (Å²) >= 11 is 0. The first-order chi connectivity index (χ1) is 9.63. The molecule has 2 N–H and O–H groups in total. The predicted octanol–water partition coefficient (Wildman–Crippen LogP) is 2.44. The van der Waals surface area contributed by atoms with Gasteiger partial charge in [0.25, 0.3) is 0 Å². The molecule has 1 aromatic heterocycles. The van der Waals surface area contributed by atoms with Crippen molar-refractivity contribution in [2.24, 2.45) is 0 Å². The molecule has 0 aliphatic carbocycles. The zero-order valence-corrected chi connectivity index (χ0v) is 11.9. The minimum absolute atomic E-state index is 0.0705. The summed E-state index contributed by atoms with van der Waals surface area (Å²) in [5, 5.41) is 20.4. The number of nitrogens with one attached hydrogen (secondary N) is 1. The first-order valence-electron chi connectivity index (χ1n) is 6.57. The van der Waals surface area contributed by atoms with E-state index in [1.807, 2.05) is 32.0 Å². The minimum atomic E-state index is -0.110. The third-order valence-electron chi connectivity index (χ3n) is 2.83. The van der Waals surface area contributed by atoms with Crippen molar-refractivity contribution in [3.05, 3.63) is 35.5 Å². The Morgan fingerprint density at radius 2 is 2.20 bits per heavy atom. The highest BCUT2D eigenvalue weighted by atomic mass is 16.5. The molecule has 1 heterocycles. The third-order valence-corrected chi connectivity index (χ3v) is 2.83. The van der Waals surface area contributed by atoms with Crippen molar-refractivity contribution >= 4 is 5.69 Å². The van der Waals surface area contributed by atoms with Crippen LogP contribution in [0, 0.1) is 6.92 Å². The zero-order valence-electron chi connectivity index (χ0n) is 11.9. The number of ether oxygens (including phenoxy) is 1. The Balaban J connectivity index is 2.13. The van der Waals surface area contributed by atoms with Crippen LogP contribution in [0.25, 0.3) is 0 Å². The fraction of sp³-hybridized carbons (Fsp3) is 0.429. The molecule has 6 nitrogen and oxygen atoms in total. The maximum absolute atomic E-state index is 9.38. The van der Waals surface area contributed by atoms with Crippen LogP contribution in [-0.2, 0) is 6.61 Å². The lowest BCUT2D eigenvalue weighted by atomic mass is 10.1. The molecule has 1 unspecified atom stereocenters. The van der Waals surface area contributed by atoms with Gasteiger partial charge in [0.15, 0.2) is 0 Å². The number of nitrogens with zero attached hydrogens (tertiary/aromatic N) is 2. The fourth-order valence-corrected chi connectivity index (χ4v) is 1.89. The second-order valence-electron chi connectivity index (χ2n) is 4.44. The molecule has 108 valence electrons. The molecule has 1 aromatic carbocycles. The van der Waals surface area contributed by atoms with E-state index in [4.69, 9.17) is 9.15 Å². The van der Waals surface area contributed by atoms with Crippen molar-refractivity contribution in [2.45, 2.75) is 33.4 Å². The van der Waals surface area contributed by atoms with E-state index < -0.39 is 0 Å². The molecule has 0 saturated heterocycles. The van der Waals surface area contributed by atoms with E-state index in [1.54, 1.807) is 6.92 Å². The standard InChI is InChI=1S/C14H19N3O3/c1-4-19-13-6-5-12(7-11(13)8-18)15-9(2)14-17-16-10(3)20-14/h5-7,9,15,18H,4,8H2,1-3H3. The third kappa shape index (κ3) is 3.27. The highest BCUT2D eigenvalue weighted by molar-refractivity contribution is 5.51. The lowest BCUT2D eigenvalue weighted by molar-refractivity contribution is 0.267. The van der Waals surface area contributed by atoms with E-state index in [2.05, 4.69) is 15.5 Å². The van der Waals surface area contributed by atoms with Crippen molar-refractivity contribution in [2.75, 3.05) is 11.9 Å². The number of aliphatic hydroxyl groups excluding tert-OH is 1. The average molecular weight is 277 g/mol. The first-order valence-corrected chi connectivity index (χ1v) is 6.57. The van der Waals surface area contributed by atoms with Crippen LogP contribution in [0.2, 0.25) is 0 Å². The van der Waals surface area contributed by atoms with Crippen molar-refractivity contribution < 1.29 is 14.3 Å². The number of hydrogen-bond donors (Lipinski definition) is 2. The Morgan fingerprint density at radius 1 is 1.40 bits per heavy atom. The molecular weight excluding hydrogens is 258 g/mol. The molecular formula is C14H19N3O3. The summed E-state index contributed by atoms with van der Waals surface area (Å²) in [5.74, 6) is 1.76. The van der Waals surface area contributed by atoms with Crippen LogP contribution in [0.4, 0.5) is 5.69 Å². The van der Waals surface area contributed by atoms with Gasteiger partial charge in [-0.05, 0) is 32.0 Å². The lowest BCUT2D eigenvalue weighted by Crippen LogP contribution is -2.08. The van der Waals surface area contributed by atoms with Gasteiger partial charge in [0, 0.05) is 18.2 Å². The number of aliphatic hydroxyl groups is 1. The predicted molar refractivity (Wildman–Crippen MR) is 74.6 cm³/mol. The molecule has 6 heteroatoms. The normalized spacial score (nSPS) is 12.2. The van der Waals surface area contributed by atoms with Gasteiger partial charge in [-0.1, -0.05) is 0 Å². The average Bonchev–Trinajstić information content (AvgIpc) is 2.87. The molecule has 0 radical (unpaired) electrons. The van der Waals surface area contributed by atoms with Crippen LogP contribution in [0.1, 0.15) is 37.2 Å². The van der Waals surface area contributed by atoms with Gasteiger partial charge in [-0.15, -0.1) is 10.2 Å². The van der Waals surface area contributed by atoms with Crippen LogP contribution in [0.5, 0.6) is 5.75 Å². The Kier molecular flexibility index (Phi) is 4.57. The van der Waals surface area contributed by atoms with Gasteiger partial charge in [-0.25, -0.2) is 0 Å². The summed E-state index contributed by atoms with van der Waals surface area (Å²) in [5.41, 5.74) is 1.60. The molecule has 2 rings (SSSR count). The van der Waals surface area contributed by atoms with Crippen molar-refractivity contribution in [3.63, 3.8) is 0 Å². The molecule has 20 heavy (non-hydrogen) atoms. The van der Waals surface area contributed by atoms with Gasteiger partial charge < -0.3 is 19.6 Å². The molecule has 1 atom stereocenters. The number of aromatic nitrogens is 2. The Hall–Kier alpha value is -2.08. The second-order valence-corrected chi connectivity index (χ2v) is 4.44. The number of rotatable bonds is 6. The van der Waals surface area contributed by atoms with Gasteiger partial charge in [0.2, 0.25) is 11.8 Å². The lowest BCUT2D eigenvalue weighted by Gasteiger charge is -2.14. The van der Waals surface area contributed by atoms with Crippen molar-refractivity contribution in [1.82, 2.24) is 10.2 Å². The Labute approximate surface area is 117 Å². The monoisotopic (exact) mass is 277 g/mol. The van der Waals surface area contributed by atoms with E-state index in [-0.39, 0.29) is 12.6 Å². The van der Waals surface area contributed by atoms with Crippen LogP contribution in [-0.4, -0.2) is 21.9 Å². The summed E-state index contributed by atoms with van der Waals surface area (Å²) in [6.07, 6.45) is 0. The first kappa shape index (κ1) is 14.3. The molecule has 0 amide bonds. The number of hydrogen-bond acceptors (Lipinski definition) is 6. The van der Waals surface area contributed by atoms with Crippen LogP contribution >= 0.6 is 0 Å². The summed E-state index contributed by atoms with van der Waals surface area (Å²) in [6, 6.07) is 5.47. The topological polar surface area (TPSA) is 80.4 Å². The zero-order chi connectivity index (χ0) is 14.5. The number of benzene rings is 1. The smallest absolute Gasteiger partial charge is 0.238 e. The summed E-state index contributed by atoms with van der Waals surface area (Å²) in [4.78, 5) is 0. The SMILES string of the molecule is CCOc1ccc(NC(C)c2nnc(C)o2)cc1CO. The highest BCUT2D eigenvalue weighted by Gasteiger charge is 2.13. The van der Waals surface area contributed by atoms with Crippen LogP contribution in [0.3, 0.4) is 0 Å². The molecule has 2 aromatic rings. The molecule has 0 spiro atoms. The molecule has 0 bridgehead atoms. The van der Waals surface area contributed by atoms with Crippen molar-refractivity contribution in [3.8, 4) is 5.75 Å². The van der Waals surface area contributed by atoms with E-state index in [0.29, 0.717) is 24.1 Å². The van der Waals surface area contributed by atoms with Gasteiger partial charge >= 0.3 is 0 Å². The summed E-state index contributed by atoms with van der Waals surface area (Å²) < 4.78 is 10.8. The molecule has 0 aliphatic heterocycles. The van der Waals surface area contributed by atoms with E-state index in [9.17, 15) is 5.11 Å². The molecule has 0 aliphatic rings. The van der Waals surface area contributed by atoms with Gasteiger partial charge in [0.05, 0.1) is 13.2 Å². The van der Waals surface area contributed by atoms with Crippen LogP contribution < -0.4 is 10.1 Å². The second kappa shape index (κ2) is 6.38. The largest absolute Gasteiger partial charge is 0.494 e. The van der Waals surface area contributed by atoms with Crippen molar-refractivity contribution in [1.29, 1.82) is 0 Å². The quantitative estimate of drug-likeness (QED) is 0.844. The van der Waals surface area contributed by atoms with Gasteiger partial charge in [-0.3, -0.25) is 0 Å². The minimum Gasteiger partial charge on any atom is -0.494 e. The Bertz CT molecular complexity index is 569. The van der Waals surface area contributed by atoms with Crippen LogP contribution in [0.15, 0.2) is 22.6 Å². The maximum atomic E-state index is 9.38. The highest BCUT2D eigenvalue weighted by Crippen LogP contribution is 2.25. The number of aryl methyl sites for hydroxylation is 1. The maximum Gasteiger partial charge on any atom is 0.238 e. The fourth-order valence-electron chi connectivity index (χ4n) is 1.89. The number of anilines is 1. The van der Waals surface area contributed by atoms with E-state index >= 15 is 0 Å². The molecule has 0 saturated carbocycles.